The van der Waals surface area contributed by atoms with Crippen molar-refractivity contribution in [3.63, 3.8) is 0 Å². The van der Waals surface area contributed by atoms with Gasteiger partial charge in [-0.2, -0.15) is 0 Å². The maximum Gasteiger partial charge on any atom is 0.229 e. The number of hydrogen-bond donors (Lipinski definition) is 1. The van der Waals surface area contributed by atoms with Gasteiger partial charge in [-0.05, 0) is 43.3 Å². The molecule has 1 aromatic heterocycles. The van der Waals surface area contributed by atoms with Crippen LogP contribution in [0.4, 0.5) is 0 Å². The van der Waals surface area contributed by atoms with E-state index in [1.54, 1.807) is 11.3 Å². The Kier molecular flexibility index (Phi) is 6.12. The minimum Gasteiger partial charge on any atom is -0.344 e. The molecule has 0 spiro atoms. The fourth-order valence-corrected chi connectivity index (χ4v) is 3.39. The highest BCUT2D eigenvalue weighted by Crippen LogP contribution is 2.35. The lowest BCUT2D eigenvalue weighted by atomic mass is 9.87. The lowest BCUT2D eigenvalue weighted by Gasteiger charge is -2.26. The molecule has 5 heteroatoms. The first kappa shape index (κ1) is 15.5. The molecule has 3 nitrogen and oxygen atoms in total. The van der Waals surface area contributed by atoms with E-state index in [9.17, 15) is 4.79 Å². The molecule has 1 heterocycles. The molecule has 0 bridgehead atoms. The standard InChI is InChI=1S/C13H20N2OS.ClH/c1-14-7-8-15(2)13(16)11-4-3-5-12-10(11)6-9-17-12;/h6,9,11,14H,3-5,7-8H2,1-2H3;1H. The van der Waals surface area contributed by atoms with E-state index in [0.717, 1.165) is 32.4 Å². The third-order valence-corrected chi connectivity index (χ3v) is 4.42. The van der Waals surface area contributed by atoms with Crippen LogP contribution in [0.1, 0.15) is 29.2 Å². The second-order valence-electron chi connectivity index (χ2n) is 4.61. The zero-order chi connectivity index (χ0) is 12.3. The number of aryl methyl sites for hydroxylation is 1. The summed E-state index contributed by atoms with van der Waals surface area (Å²) < 4.78 is 0. The molecule has 0 aliphatic heterocycles. The molecule has 0 saturated heterocycles. The molecule has 1 aromatic rings. The van der Waals surface area contributed by atoms with Crippen LogP contribution in [0.5, 0.6) is 0 Å². The van der Waals surface area contributed by atoms with Crippen LogP contribution in [0, 0.1) is 0 Å². The maximum atomic E-state index is 12.4. The average Bonchev–Trinajstić information content (AvgIpc) is 2.82. The number of likely N-dealkylation sites (N-methyl/N-ethyl adjacent to an activating group) is 2. The van der Waals surface area contributed by atoms with Gasteiger partial charge in [0.25, 0.3) is 0 Å². The smallest absolute Gasteiger partial charge is 0.229 e. The number of hydrogen-bond acceptors (Lipinski definition) is 3. The molecule has 0 fully saturated rings. The van der Waals surface area contributed by atoms with Crippen LogP contribution < -0.4 is 5.32 Å². The summed E-state index contributed by atoms with van der Waals surface area (Å²) in [6.45, 7) is 1.64. The maximum absolute atomic E-state index is 12.4. The summed E-state index contributed by atoms with van der Waals surface area (Å²) in [4.78, 5) is 15.6. The monoisotopic (exact) mass is 288 g/mol. The molecular formula is C13H21ClN2OS. The zero-order valence-corrected chi connectivity index (χ0v) is 12.6. The van der Waals surface area contributed by atoms with Crippen molar-refractivity contribution >= 4 is 29.7 Å². The number of nitrogens with zero attached hydrogens (tertiary/aromatic N) is 1. The highest BCUT2D eigenvalue weighted by Gasteiger charge is 2.28. The van der Waals surface area contributed by atoms with E-state index in [4.69, 9.17) is 0 Å². The fourth-order valence-electron chi connectivity index (χ4n) is 2.40. The Hall–Kier alpha value is -0.580. The van der Waals surface area contributed by atoms with E-state index in [1.165, 1.54) is 10.4 Å². The number of rotatable bonds is 4. The van der Waals surface area contributed by atoms with Crippen LogP contribution in [0.15, 0.2) is 11.4 Å². The Bertz CT molecular complexity index is 394. The highest BCUT2D eigenvalue weighted by atomic mass is 35.5. The minimum atomic E-state index is 0. The quantitative estimate of drug-likeness (QED) is 0.922. The topological polar surface area (TPSA) is 32.3 Å². The third-order valence-electron chi connectivity index (χ3n) is 3.42. The first-order valence-electron chi connectivity index (χ1n) is 6.20. The average molecular weight is 289 g/mol. The zero-order valence-electron chi connectivity index (χ0n) is 10.9. The molecule has 102 valence electrons. The Labute approximate surface area is 119 Å². The number of halogens is 1. The molecule has 2 rings (SSSR count). The van der Waals surface area contributed by atoms with Gasteiger partial charge in [-0.15, -0.1) is 23.7 Å². The van der Waals surface area contributed by atoms with Crippen LogP contribution >= 0.6 is 23.7 Å². The fraction of sp³-hybridized carbons (Fsp3) is 0.615. The number of nitrogens with one attached hydrogen (secondary N) is 1. The van der Waals surface area contributed by atoms with Gasteiger partial charge in [0.15, 0.2) is 0 Å². The van der Waals surface area contributed by atoms with Gasteiger partial charge in [-0.1, -0.05) is 0 Å². The summed E-state index contributed by atoms with van der Waals surface area (Å²) in [5, 5.41) is 5.19. The predicted molar refractivity (Wildman–Crippen MR) is 78.8 cm³/mol. The highest BCUT2D eigenvalue weighted by molar-refractivity contribution is 7.10. The van der Waals surface area contributed by atoms with Gasteiger partial charge in [0, 0.05) is 25.0 Å². The van der Waals surface area contributed by atoms with E-state index in [-0.39, 0.29) is 24.2 Å². The molecule has 1 aliphatic rings. The number of fused-ring (bicyclic) bond motifs is 1. The number of carbonyl (C=O) groups is 1. The van der Waals surface area contributed by atoms with Crippen LogP contribution in [0.25, 0.3) is 0 Å². The van der Waals surface area contributed by atoms with Gasteiger partial charge < -0.3 is 10.2 Å². The Morgan fingerprint density at radius 2 is 2.39 bits per heavy atom. The van der Waals surface area contributed by atoms with Crippen molar-refractivity contribution in [1.82, 2.24) is 10.2 Å². The van der Waals surface area contributed by atoms with Crippen molar-refractivity contribution in [3.05, 3.63) is 21.9 Å². The Balaban J connectivity index is 0.00000162. The van der Waals surface area contributed by atoms with Crippen LogP contribution in [-0.2, 0) is 11.2 Å². The Morgan fingerprint density at radius 3 is 3.11 bits per heavy atom. The Morgan fingerprint density at radius 1 is 1.61 bits per heavy atom. The van der Waals surface area contributed by atoms with Gasteiger partial charge in [-0.25, -0.2) is 0 Å². The van der Waals surface area contributed by atoms with Gasteiger partial charge in [0.2, 0.25) is 5.91 Å². The lowest BCUT2D eigenvalue weighted by Crippen LogP contribution is -2.36. The van der Waals surface area contributed by atoms with Crippen LogP contribution in [0.3, 0.4) is 0 Å². The van der Waals surface area contributed by atoms with Crippen molar-refractivity contribution < 1.29 is 4.79 Å². The van der Waals surface area contributed by atoms with Gasteiger partial charge in [0.1, 0.15) is 0 Å². The third kappa shape index (κ3) is 3.25. The summed E-state index contributed by atoms with van der Waals surface area (Å²) in [7, 11) is 3.82. The first-order valence-corrected chi connectivity index (χ1v) is 7.08. The molecule has 1 atom stereocenters. The summed E-state index contributed by atoms with van der Waals surface area (Å²) >= 11 is 1.79. The molecule has 1 unspecified atom stereocenters. The van der Waals surface area contributed by atoms with E-state index < -0.39 is 0 Å². The summed E-state index contributed by atoms with van der Waals surface area (Å²) in [5.41, 5.74) is 1.28. The van der Waals surface area contributed by atoms with Crippen molar-refractivity contribution in [3.8, 4) is 0 Å². The van der Waals surface area contributed by atoms with E-state index in [1.807, 2.05) is 19.0 Å². The molecule has 0 saturated carbocycles. The van der Waals surface area contributed by atoms with Crippen molar-refractivity contribution in [2.45, 2.75) is 25.2 Å². The number of amides is 1. The minimum absolute atomic E-state index is 0. The van der Waals surface area contributed by atoms with E-state index in [0.29, 0.717) is 0 Å². The molecule has 0 aromatic carbocycles. The molecule has 1 amide bonds. The second kappa shape index (κ2) is 7.12. The molecule has 1 N–H and O–H groups in total. The second-order valence-corrected chi connectivity index (χ2v) is 5.61. The van der Waals surface area contributed by atoms with Crippen LogP contribution in [-0.4, -0.2) is 38.0 Å². The van der Waals surface area contributed by atoms with Crippen molar-refractivity contribution in [2.24, 2.45) is 0 Å². The largest absolute Gasteiger partial charge is 0.344 e. The normalized spacial score (nSPS) is 17.8. The van der Waals surface area contributed by atoms with Gasteiger partial charge in [0.05, 0.1) is 5.92 Å². The predicted octanol–water partition coefficient (Wildman–Crippen LogP) is 2.27. The molecular weight excluding hydrogens is 268 g/mol. The first-order chi connectivity index (χ1) is 8.24. The molecule has 1 aliphatic carbocycles. The number of carbonyl (C=O) groups excluding carboxylic acids is 1. The summed E-state index contributed by atoms with van der Waals surface area (Å²) in [6.07, 6.45) is 3.30. The van der Waals surface area contributed by atoms with Crippen molar-refractivity contribution in [1.29, 1.82) is 0 Å². The summed E-state index contributed by atoms with van der Waals surface area (Å²) in [5.74, 6) is 0.381. The molecule has 18 heavy (non-hydrogen) atoms. The van der Waals surface area contributed by atoms with E-state index in [2.05, 4.69) is 16.8 Å². The summed E-state index contributed by atoms with van der Waals surface area (Å²) in [6, 6.07) is 2.13. The number of thiophene rings is 1. The van der Waals surface area contributed by atoms with Gasteiger partial charge in [-0.3, -0.25) is 4.79 Å². The van der Waals surface area contributed by atoms with Crippen molar-refractivity contribution in [2.75, 3.05) is 27.2 Å². The van der Waals surface area contributed by atoms with E-state index >= 15 is 0 Å². The van der Waals surface area contributed by atoms with Gasteiger partial charge >= 0.3 is 0 Å². The lowest BCUT2D eigenvalue weighted by molar-refractivity contribution is -0.131. The molecule has 0 radical (unpaired) electrons. The SMILES string of the molecule is CNCCN(C)C(=O)C1CCCc2sccc21.Cl. The van der Waals surface area contributed by atoms with Crippen LogP contribution in [0.2, 0.25) is 0 Å².